The molecule has 0 aromatic carbocycles. The molecule has 86 heavy (non-hydrogen) atoms. The number of aromatic amines is 1. The second kappa shape index (κ2) is 36.9. The van der Waals surface area contributed by atoms with Crippen molar-refractivity contribution >= 4 is 74.7 Å². The van der Waals surface area contributed by atoms with Crippen molar-refractivity contribution in [2.75, 3.05) is 19.8 Å². The van der Waals surface area contributed by atoms with Crippen molar-refractivity contribution in [2.24, 2.45) is 9.98 Å². The Kier molecular flexibility index (Phi) is 34.1. The Labute approximate surface area is 533 Å². The monoisotopic (exact) mass is 1290 g/mol. The first-order valence-corrected chi connectivity index (χ1v) is 28.6. The molecule has 474 valence electrons. The van der Waals surface area contributed by atoms with Crippen molar-refractivity contribution in [1.82, 2.24) is 36.1 Å². The Morgan fingerprint density at radius 1 is 0.744 bits per heavy atom. The van der Waals surface area contributed by atoms with Crippen molar-refractivity contribution in [1.29, 1.82) is 0 Å². The van der Waals surface area contributed by atoms with Gasteiger partial charge < -0.3 is 101 Å². The van der Waals surface area contributed by atoms with Crippen LogP contribution in [0.3, 0.4) is 0 Å². The number of H-pyrrole nitrogens is 1. The number of carboxylic acid groups (broad SMARTS) is 2. The van der Waals surface area contributed by atoms with Gasteiger partial charge in [-0.05, 0) is 85.4 Å². The number of Topliss-reactive ketones (excluding diaryl/α,β-unsaturated/α-hetero) is 1. The topological polar surface area (TPSA) is 574 Å². The zero-order chi connectivity index (χ0) is 63.6. The second-order valence-electron chi connectivity index (χ2n) is 19.1. The smallest absolute Gasteiger partial charge is 0.862 e. The van der Waals surface area contributed by atoms with Gasteiger partial charge in [-0.15, -0.1) is 0 Å². The minimum absolute atomic E-state index is 0. The van der Waals surface area contributed by atoms with Gasteiger partial charge in [0, 0.05) is 31.6 Å². The van der Waals surface area contributed by atoms with Crippen molar-refractivity contribution < 1.29 is 185 Å². The number of aromatic nitrogens is 2. The number of hydrogen-bond acceptors (Lipinski definition) is 26. The molecule has 2 aliphatic rings. The molecule has 2 unspecified atom stereocenters. The van der Waals surface area contributed by atoms with Gasteiger partial charge in [0.25, 0.3) is 5.56 Å². The first kappa shape index (κ1) is 79.6. The van der Waals surface area contributed by atoms with Gasteiger partial charge >= 0.3 is 92.4 Å². The molecule has 0 saturated carbocycles. The maximum atomic E-state index is 13.4. The molecule has 0 bridgehead atoms. The molecule has 41 heteroatoms. The van der Waals surface area contributed by atoms with Crippen LogP contribution in [-0.2, 0) is 75.1 Å². The van der Waals surface area contributed by atoms with Gasteiger partial charge in [0.05, 0.1) is 13.2 Å². The zero-order valence-electron chi connectivity index (χ0n) is 47.9. The first-order valence-electron chi connectivity index (χ1n) is 25.6. The van der Waals surface area contributed by atoms with Crippen molar-refractivity contribution in [2.45, 2.75) is 178 Å². The Morgan fingerprint density at radius 2 is 1.35 bits per heavy atom. The summed E-state index contributed by atoms with van der Waals surface area (Å²) in [5, 5.41) is 96.7. The molecule has 0 radical (unpaired) electrons. The summed E-state index contributed by atoms with van der Waals surface area (Å²) in [6, 6.07) is -8.65. The van der Waals surface area contributed by atoms with E-state index in [0.717, 1.165) is 33.0 Å². The molecule has 3 heterocycles. The van der Waals surface area contributed by atoms with Crippen LogP contribution >= 0.6 is 15.6 Å². The van der Waals surface area contributed by atoms with E-state index in [1.54, 1.807) is 0 Å². The predicted octanol–water partition coefficient (Wildman–Crippen LogP) is -12.9. The van der Waals surface area contributed by atoms with Gasteiger partial charge in [-0.3, -0.25) is 57.2 Å². The number of unbranched alkanes of at least 4 members (excludes halogenated alkanes) is 1. The minimum Gasteiger partial charge on any atom is -0.862 e. The zero-order valence-corrected chi connectivity index (χ0v) is 53.7. The molecular weight excluding hydrogens is 1220 g/mol. The van der Waals surface area contributed by atoms with Crippen LogP contribution in [0.5, 0.6) is 0 Å². The van der Waals surface area contributed by atoms with Crippen LogP contribution in [0.15, 0.2) is 31.8 Å². The number of nitrogens with zero attached hydrogens (tertiary/aromatic N) is 3. The number of nitrogens with one attached hydrogen (secondary N) is 6. The number of carbonyl (C=O) groups excluding carboxylic acids is 6. The molecular formula is C45H69N9Na2O28P2. The van der Waals surface area contributed by atoms with Crippen LogP contribution in [0.4, 0.5) is 0 Å². The maximum Gasteiger partial charge on any atom is 1.00 e. The molecule has 17 atom stereocenters. The van der Waals surface area contributed by atoms with Gasteiger partial charge in [0.1, 0.15) is 84.8 Å². The number of phosphoric ester groups is 2. The van der Waals surface area contributed by atoms with E-state index in [2.05, 4.69) is 45.4 Å². The number of aliphatic hydroxyl groups excluding tert-OH is 4. The van der Waals surface area contributed by atoms with Gasteiger partial charge in [-0.1, -0.05) is 0 Å². The van der Waals surface area contributed by atoms with Crippen molar-refractivity contribution in [3.63, 3.8) is 0 Å². The van der Waals surface area contributed by atoms with Gasteiger partial charge in [-0.25, -0.2) is 18.7 Å². The number of ether oxygens (including phenoxy) is 3. The normalized spacial score (nSPS) is 24.9. The van der Waals surface area contributed by atoms with Gasteiger partial charge in [0.15, 0.2) is 12.5 Å². The van der Waals surface area contributed by atoms with Crippen LogP contribution < -0.4 is 107 Å². The van der Waals surface area contributed by atoms with E-state index in [4.69, 9.17) is 23.8 Å². The van der Waals surface area contributed by atoms with Crippen LogP contribution in [0, 0.1) is 0 Å². The predicted molar refractivity (Wildman–Crippen MR) is 275 cm³/mol. The average Bonchev–Trinajstić information content (AvgIpc) is 1.95. The molecule has 3 rings (SSSR count). The van der Waals surface area contributed by atoms with E-state index < -0.39 is 198 Å². The molecule has 37 nitrogen and oxygen atoms in total. The molecule has 5 amide bonds. The van der Waals surface area contributed by atoms with E-state index >= 15 is 0 Å². The molecule has 0 spiro atoms. The first-order chi connectivity index (χ1) is 39.1. The average molecular weight is 1290 g/mol. The number of aliphatic imine (C=N–C) groups is 2. The SMILES string of the molecule is CC(=O)CCC([O-])=NCCCC[C@H](NC(=O)CC[C@@H](NC(=O)[C@H](C)NC(=O)[C@@H](C)O[C@H]1[C@H](O)[C@@H](CO)O[C@H](OP(=O)(O)OP(=O)(O)OC[C@H]2O[C@@H](n3ccc(=O)[nH]c3=O)[C@H](O)[C@@H]2O)[C@@H]1N=C(C)[O-])C(=O)O)C(=O)N[C@H](C)C(=O)N[C@H](C)C(=O)O.[Na+].[Na+]. The number of aliphatic hydroxyl groups is 4. The van der Waals surface area contributed by atoms with Crippen LogP contribution in [0.1, 0.15) is 92.7 Å². The summed E-state index contributed by atoms with van der Waals surface area (Å²) in [6.45, 7) is 4.36. The van der Waals surface area contributed by atoms with E-state index in [0.29, 0.717) is 4.57 Å². The summed E-state index contributed by atoms with van der Waals surface area (Å²) in [7, 11) is -11.8. The van der Waals surface area contributed by atoms with Crippen LogP contribution in [0.25, 0.3) is 0 Å². The van der Waals surface area contributed by atoms with E-state index in [1.165, 1.54) is 20.8 Å². The third kappa shape index (κ3) is 25.9. The minimum atomic E-state index is -5.99. The number of hydrogen-bond donors (Lipinski definition) is 14. The Balaban J connectivity index is 0.0000185. The molecule has 1 aromatic heterocycles. The standard InChI is InChI=1S/C45H71N9O28P2.2Na/c1-19(56)10-12-29(58)46-15-8-7-9-25(40(67)48-20(2)37(64)49-22(4)42(68)69)51-30(59)13-11-26(43(70)71)52-38(65)21(3)47-39(66)23(5)78-36-32(50-24(6)57)44(80-27(17-55)34(36)62)81-84(75,76)82-83(73,74)77-18-28-33(61)35(63)41(79-28)54-16-14-31(60)53-45(54)72;;/h14,16,20-23,25-28,32-36,41,44,55,61-63H,7-13,15,17-18H2,1-6H3,(H,46,58)(H,47,66)(H,48,67)(H,49,64)(H,50,57)(H,51,59)(H,52,65)(H,68,69)(H,70,71)(H,73,74)(H,75,76)(H,53,60,72);;/q;2*+1/p-2/t20-,21+,22-,23-,25+,26-,27-,28-,32-,33-,34-,35-,36-,41-,44-;;/m1../s1. The Morgan fingerprint density at radius 3 is 1.92 bits per heavy atom. The van der Waals surface area contributed by atoms with Gasteiger partial charge in [0.2, 0.25) is 29.5 Å². The largest absolute Gasteiger partial charge is 1.00 e. The second-order valence-corrected chi connectivity index (χ2v) is 22.1. The number of phosphoric acid groups is 2. The molecule has 2 fully saturated rings. The number of carbonyl (C=O) groups is 8. The molecule has 0 aliphatic carbocycles. The third-order valence-corrected chi connectivity index (χ3v) is 14.8. The van der Waals surface area contributed by atoms with Crippen LogP contribution in [-0.4, -0.2) is 214 Å². The maximum absolute atomic E-state index is 13.4. The van der Waals surface area contributed by atoms with E-state index in [1.807, 2.05) is 4.98 Å². The fourth-order valence-electron chi connectivity index (χ4n) is 7.71. The molecule has 14 N–H and O–H groups in total. The summed E-state index contributed by atoms with van der Waals surface area (Å²) in [6.07, 6.45) is -17.6. The fourth-order valence-corrected chi connectivity index (χ4v) is 9.86. The van der Waals surface area contributed by atoms with Gasteiger partial charge in [-0.2, -0.15) is 4.31 Å². The summed E-state index contributed by atoms with van der Waals surface area (Å²) < 4.78 is 57.0. The quantitative estimate of drug-likeness (QED) is 0.0100. The van der Waals surface area contributed by atoms with Crippen LogP contribution in [0.2, 0.25) is 0 Å². The number of aliphatic carboxylic acids is 2. The molecule has 2 saturated heterocycles. The van der Waals surface area contributed by atoms with E-state index in [-0.39, 0.29) is 104 Å². The summed E-state index contributed by atoms with van der Waals surface area (Å²) in [4.78, 5) is 154. The molecule has 1 aromatic rings. The number of ketones is 1. The Bertz CT molecular complexity index is 2790. The van der Waals surface area contributed by atoms with E-state index in [9.17, 15) is 103 Å². The Hall–Kier alpha value is -4.44. The number of carboxylic acids is 2. The number of amides is 5. The summed E-state index contributed by atoms with van der Waals surface area (Å²) >= 11 is 0. The third-order valence-electron chi connectivity index (χ3n) is 12.2. The summed E-state index contributed by atoms with van der Waals surface area (Å²) in [5.41, 5.74) is -1.90. The number of rotatable bonds is 34. The fraction of sp³-hybridized carbons (Fsp3) is 0.689. The van der Waals surface area contributed by atoms with Crippen molar-refractivity contribution in [3.8, 4) is 0 Å². The molecule has 2 aliphatic heterocycles. The van der Waals surface area contributed by atoms with Crippen molar-refractivity contribution in [3.05, 3.63) is 33.1 Å². The summed E-state index contributed by atoms with van der Waals surface area (Å²) in [5.74, 6) is -9.91.